The molecule has 6 heteroatoms. The highest BCUT2D eigenvalue weighted by Gasteiger charge is 2.37. The van der Waals surface area contributed by atoms with E-state index in [0.717, 1.165) is 5.56 Å². The van der Waals surface area contributed by atoms with E-state index in [1.807, 2.05) is 44.2 Å². The Balaban J connectivity index is 3.22. The normalized spacial score (nSPS) is 13.8. The van der Waals surface area contributed by atoms with Crippen molar-refractivity contribution < 1.29 is 24.2 Å². The average Bonchev–Trinajstić information content (AvgIpc) is 2.55. The standard InChI is InChI=1S/C20H31NO5/c1-14(2)12-16(17(22)18(23)25-6)21(19(24)26-20(3,4)5)13-15-10-8-7-9-11-15/h7-11,14,16-17,22H,12-13H2,1-6H3/t16-,17-/m0/s1. The molecule has 2 atom stereocenters. The quantitative estimate of drug-likeness (QED) is 0.750. The van der Waals surface area contributed by atoms with E-state index in [9.17, 15) is 14.7 Å². The lowest BCUT2D eigenvalue weighted by molar-refractivity contribution is -0.154. The summed E-state index contributed by atoms with van der Waals surface area (Å²) in [5, 5.41) is 10.5. The van der Waals surface area contributed by atoms with Gasteiger partial charge in [0.25, 0.3) is 0 Å². The summed E-state index contributed by atoms with van der Waals surface area (Å²) in [4.78, 5) is 26.2. The van der Waals surface area contributed by atoms with Gasteiger partial charge in [0.15, 0.2) is 6.10 Å². The summed E-state index contributed by atoms with van der Waals surface area (Å²) >= 11 is 0. The number of amides is 1. The van der Waals surface area contributed by atoms with Crippen LogP contribution in [0.1, 0.15) is 46.6 Å². The summed E-state index contributed by atoms with van der Waals surface area (Å²) in [6, 6.07) is 8.64. The number of esters is 1. The molecule has 6 nitrogen and oxygen atoms in total. The van der Waals surface area contributed by atoms with Crippen LogP contribution in [0, 0.1) is 5.92 Å². The minimum Gasteiger partial charge on any atom is -0.467 e. The number of carbonyl (C=O) groups is 2. The van der Waals surface area contributed by atoms with Gasteiger partial charge in [-0.3, -0.25) is 4.90 Å². The number of ether oxygens (including phenoxy) is 2. The molecule has 1 rings (SSSR count). The Labute approximate surface area is 156 Å². The van der Waals surface area contributed by atoms with Crippen LogP contribution in [0.4, 0.5) is 4.79 Å². The van der Waals surface area contributed by atoms with Gasteiger partial charge in [-0.05, 0) is 38.7 Å². The van der Waals surface area contributed by atoms with Crippen LogP contribution >= 0.6 is 0 Å². The van der Waals surface area contributed by atoms with Crippen molar-refractivity contribution >= 4 is 12.1 Å². The minimum atomic E-state index is -1.45. The van der Waals surface area contributed by atoms with E-state index in [0.29, 0.717) is 6.42 Å². The second-order valence-corrected chi connectivity index (χ2v) is 7.76. The predicted molar refractivity (Wildman–Crippen MR) is 99.5 cm³/mol. The van der Waals surface area contributed by atoms with Gasteiger partial charge in [-0.2, -0.15) is 0 Å². The zero-order chi connectivity index (χ0) is 19.9. The maximum Gasteiger partial charge on any atom is 0.410 e. The van der Waals surface area contributed by atoms with Crippen molar-refractivity contribution in [3.05, 3.63) is 35.9 Å². The highest BCUT2D eigenvalue weighted by Crippen LogP contribution is 2.22. The largest absolute Gasteiger partial charge is 0.467 e. The lowest BCUT2D eigenvalue weighted by atomic mass is 9.97. The van der Waals surface area contributed by atoms with Crippen molar-refractivity contribution in [2.45, 2.75) is 65.3 Å². The lowest BCUT2D eigenvalue weighted by Gasteiger charge is -2.36. The molecule has 146 valence electrons. The Morgan fingerprint density at radius 3 is 2.19 bits per heavy atom. The van der Waals surface area contributed by atoms with Crippen LogP contribution in [0.2, 0.25) is 0 Å². The SMILES string of the molecule is COC(=O)[C@@H](O)[C@H](CC(C)C)N(Cc1ccccc1)C(=O)OC(C)(C)C. The molecule has 1 aromatic carbocycles. The van der Waals surface area contributed by atoms with Crippen LogP contribution in [0.5, 0.6) is 0 Å². The maximum atomic E-state index is 12.8. The van der Waals surface area contributed by atoms with E-state index in [2.05, 4.69) is 4.74 Å². The number of hydrogen-bond donors (Lipinski definition) is 1. The van der Waals surface area contributed by atoms with E-state index in [1.54, 1.807) is 20.8 Å². The molecule has 0 saturated heterocycles. The highest BCUT2D eigenvalue weighted by atomic mass is 16.6. The summed E-state index contributed by atoms with van der Waals surface area (Å²) in [5.41, 5.74) is 0.189. The van der Waals surface area contributed by atoms with E-state index in [-0.39, 0.29) is 12.5 Å². The topological polar surface area (TPSA) is 76.1 Å². The number of methoxy groups -OCH3 is 1. The van der Waals surface area contributed by atoms with Crippen LogP contribution in [-0.2, 0) is 20.8 Å². The number of aliphatic hydroxyl groups excluding tert-OH is 1. The predicted octanol–water partition coefficient (Wildman–Crippen LogP) is 3.37. The van der Waals surface area contributed by atoms with Gasteiger partial charge in [0.2, 0.25) is 0 Å². The molecular weight excluding hydrogens is 334 g/mol. The van der Waals surface area contributed by atoms with Gasteiger partial charge >= 0.3 is 12.1 Å². The smallest absolute Gasteiger partial charge is 0.410 e. The molecule has 0 aliphatic carbocycles. The van der Waals surface area contributed by atoms with E-state index < -0.39 is 29.8 Å². The van der Waals surface area contributed by atoms with Crippen molar-refractivity contribution in [2.75, 3.05) is 7.11 Å². The molecule has 1 aromatic rings. The van der Waals surface area contributed by atoms with E-state index in [4.69, 9.17) is 4.74 Å². The van der Waals surface area contributed by atoms with Gasteiger partial charge < -0.3 is 14.6 Å². The van der Waals surface area contributed by atoms with Crippen molar-refractivity contribution in [2.24, 2.45) is 5.92 Å². The molecule has 0 saturated carbocycles. The van der Waals surface area contributed by atoms with Crippen LogP contribution < -0.4 is 0 Å². The Morgan fingerprint density at radius 1 is 1.15 bits per heavy atom. The third-order valence-corrected chi connectivity index (χ3v) is 3.74. The molecule has 0 aliphatic heterocycles. The number of carbonyl (C=O) groups excluding carboxylic acids is 2. The second-order valence-electron chi connectivity index (χ2n) is 7.76. The lowest BCUT2D eigenvalue weighted by Crippen LogP contribution is -2.51. The monoisotopic (exact) mass is 365 g/mol. The first-order chi connectivity index (χ1) is 12.0. The number of nitrogens with zero attached hydrogens (tertiary/aromatic N) is 1. The fraction of sp³-hybridized carbons (Fsp3) is 0.600. The molecule has 0 bridgehead atoms. The fourth-order valence-electron chi connectivity index (χ4n) is 2.61. The van der Waals surface area contributed by atoms with Gasteiger partial charge in [0.1, 0.15) is 5.60 Å². The van der Waals surface area contributed by atoms with Gasteiger partial charge in [0.05, 0.1) is 13.2 Å². The van der Waals surface area contributed by atoms with E-state index >= 15 is 0 Å². The molecule has 1 amide bonds. The third-order valence-electron chi connectivity index (χ3n) is 3.74. The fourth-order valence-corrected chi connectivity index (χ4v) is 2.61. The summed E-state index contributed by atoms with van der Waals surface area (Å²) in [6.07, 6.45) is -1.59. The Hall–Kier alpha value is -2.08. The second kappa shape index (κ2) is 9.57. The summed E-state index contributed by atoms with van der Waals surface area (Å²) in [5.74, 6) is -0.614. The van der Waals surface area contributed by atoms with E-state index in [1.165, 1.54) is 12.0 Å². The molecule has 0 aliphatic rings. The molecule has 0 fully saturated rings. The van der Waals surface area contributed by atoms with Crippen molar-refractivity contribution in [3.63, 3.8) is 0 Å². The van der Waals surface area contributed by atoms with Crippen molar-refractivity contribution in [1.29, 1.82) is 0 Å². The van der Waals surface area contributed by atoms with Gasteiger partial charge in [0, 0.05) is 6.54 Å². The summed E-state index contributed by atoms with van der Waals surface area (Å²) < 4.78 is 10.2. The average molecular weight is 365 g/mol. The molecule has 0 spiro atoms. The van der Waals surface area contributed by atoms with Crippen LogP contribution in [-0.4, -0.2) is 46.9 Å². The summed E-state index contributed by atoms with van der Waals surface area (Å²) in [7, 11) is 1.22. The Morgan fingerprint density at radius 2 is 1.73 bits per heavy atom. The number of benzene rings is 1. The van der Waals surface area contributed by atoms with Crippen LogP contribution in [0.15, 0.2) is 30.3 Å². The Kier molecular flexibility index (Phi) is 8.08. The maximum absolute atomic E-state index is 12.8. The Bertz CT molecular complexity index is 580. The van der Waals surface area contributed by atoms with Gasteiger partial charge in [-0.25, -0.2) is 9.59 Å². The first-order valence-corrected chi connectivity index (χ1v) is 8.84. The highest BCUT2D eigenvalue weighted by molar-refractivity contribution is 5.77. The molecule has 0 heterocycles. The first kappa shape index (κ1) is 22.0. The van der Waals surface area contributed by atoms with Gasteiger partial charge in [-0.15, -0.1) is 0 Å². The molecule has 1 N–H and O–H groups in total. The van der Waals surface area contributed by atoms with Crippen LogP contribution in [0.3, 0.4) is 0 Å². The van der Waals surface area contributed by atoms with Crippen LogP contribution in [0.25, 0.3) is 0 Å². The molecule has 0 unspecified atom stereocenters. The third kappa shape index (κ3) is 7.04. The van der Waals surface area contributed by atoms with Gasteiger partial charge in [-0.1, -0.05) is 44.2 Å². The van der Waals surface area contributed by atoms with Crippen molar-refractivity contribution in [3.8, 4) is 0 Å². The number of rotatable bonds is 7. The molecule has 0 radical (unpaired) electrons. The van der Waals surface area contributed by atoms with Crippen molar-refractivity contribution in [1.82, 2.24) is 4.90 Å². The number of hydrogen-bond acceptors (Lipinski definition) is 5. The summed E-state index contributed by atoms with van der Waals surface area (Å²) in [6.45, 7) is 9.49. The molecular formula is C20H31NO5. The zero-order valence-electron chi connectivity index (χ0n) is 16.6. The first-order valence-electron chi connectivity index (χ1n) is 8.84. The zero-order valence-corrected chi connectivity index (χ0v) is 16.6. The molecule has 26 heavy (non-hydrogen) atoms. The molecule has 0 aromatic heterocycles. The number of aliphatic hydroxyl groups is 1. The minimum absolute atomic E-state index is 0.153.